The third-order valence-electron chi connectivity index (χ3n) is 4.00. The second-order valence-electron chi connectivity index (χ2n) is 5.73. The number of carbonyl (C=O) groups is 1. The molecule has 1 N–H and O–H groups in total. The number of nitrogens with zero attached hydrogens (tertiary/aromatic N) is 3. The summed E-state index contributed by atoms with van der Waals surface area (Å²) in [4.78, 5) is 20.9. The van der Waals surface area contributed by atoms with E-state index in [0.29, 0.717) is 11.3 Å². The molecule has 1 heterocycles. The van der Waals surface area contributed by atoms with Gasteiger partial charge < -0.3 is 10.1 Å². The topological polar surface area (TPSA) is 87.9 Å². The Balaban J connectivity index is 1.63. The number of nitrogens with one attached hydrogen (secondary N) is 1. The second-order valence-corrected chi connectivity index (χ2v) is 5.73. The Labute approximate surface area is 140 Å². The van der Waals surface area contributed by atoms with Crippen LogP contribution in [-0.4, -0.2) is 22.5 Å². The SMILES string of the molecule is Cc1ncc2c(n1)CCCC2NC(=O)COc1ccccc1C#N. The number of nitriles is 1. The molecule has 2 aromatic rings. The van der Waals surface area contributed by atoms with Gasteiger partial charge in [0, 0.05) is 17.5 Å². The van der Waals surface area contributed by atoms with Crippen LogP contribution in [0.4, 0.5) is 0 Å². The van der Waals surface area contributed by atoms with Crippen LogP contribution in [0.15, 0.2) is 30.5 Å². The molecule has 0 aliphatic heterocycles. The summed E-state index contributed by atoms with van der Waals surface area (Å²) in [6, 6.07) is 8.82. The van der Waals surface area contributed by atoms with Gasteiger partial charge in [0.05, 0.1) is 11.6 Å². The van der Waals surface area contributed by atoms with Crippen LogP contribution < -0.4 is 10.1 Å². The van der Waals surface area contributed by atoms with E-state index < -0.39 is 0 Å². The number of aryl methyl sites for hydroxylation is 2. The number of rotatable bonds is 4. The standard InChI is InChI=1S/C18H18N4O2/c1-12-20-10-14-15(21-12)6-4-7-16(14)22-18(23)11-24-17-8-3-2-5-13(17)9-19/h2-3,5,8,10,16H,4,6-7,11H2,1H3,(H,22,23). The van der Waals surface area contributed by atoms with Gasteiger partial charge in [-0.25, -0.2) is 9.97 Å². The molecule has 24 heavy (non-hydrogen) atoms. The smallest absolute Gasteiger partial charge is 0.258 e. The Bertz CT molecular complexity index is 798. The van der Waals surface area contributed by atoms with Gasteiger partial charge in [-0.15, -0.1) is 0 Å². The highest BCUT2D eigenvalue weighted by molar-refractivity contribution is 5.78. The van der Waals surface area contributed by atoms with E-state index >= 15 is 0 Å². The molecule has 0 saturated heterocycles. The number of hydrogen-bond donors (Lipinski definition) is 1. The minimum Gasteiger partial charge on any atom is -0.482 e. The van der Waals surface area contributed by atoms with Crippen LogP contribution in [0.2, 0.25) is 0 Å². The van der Waals surface area contributed by atoms with E-state index in [0.717, 1.165) is 36.3 Å². The molecule has 0 bridgehead atoms. The first-order valence-corrected chi connectivity index (χ1v) is 7.91. The maximum Gasteiger partial charge on any atom is 0.258 e. The first kappa shape index (κ1) is 15.9. The van der Waals surface area contributed by atoms with Gasteiger partial charge in [0.2, 0.25) is 0 Å². The molecule has 6 heteroatoms. The van der Waals surface area contributed by atoms with E-state index in [-0.39, 0.29) is 18.6 Å². The lowest BCUT2D eigenvalue weighted by molar-refractivity contribution is -0.124. The van der Waals surface area contributed by atoms with E-state index in [4.69, 9.17) is 10.00 Å². The molecule has 0 radical (unpaired) electrons. The van der Waals surface area contributed by atoms with Crippen LogP contribution >= 0.6 is 0 Å². The van der Waals surface area contributed by atoms with Crippen molar-refractivity contribution in [3.05, 3.63) is 53.1 Å². The number of fused-ring (bicyclic) bond motifs is 1. The lowest BCUT2D eigenvalue weighted by Gasteiger charge is -2.25. The van der Waals surface area contributed by atoms with Crippen molar-refractivity contribution >= 4 is 5.91 Å². The molecule has 1 aliphatic carbocycles. The Morgan fingerprint density at radius 2 is 2.29 bits per heavy atom. The van der Waals surface area contributed by atoms with Crippen LogP contribution in [0.1, 0.15) is 41.5 Å². The lowest BCUT2D eigenvalue weighted by atomic mass is 9.92. The van der Waals surface area contributed by atoms with Crippen molar-refractivity contribution in [2.75, 3.05) is 6.61 Å². The Morgan fingerprint density at radius 1 is 1.46 bits per heavy atom. The van der Waals surface area contributed by atoms with Gasteiger partial charge in [0.1, 0.15) is 17.6 Å². The summed E-state index contributed by atoms with van der Waals surface area (Å²) in [5.74, 6) is 0.941. The van der Waals surface area contributed by atoms with Crippen LogP contribution in [0, 0.1) is 18.3 Å². The molecule has 0 saturated carbocycles. The summed E-state index contributed by atoms with van der Waals surface area (Å²) in [5, 5.41) is 12.0. The number of benzene rings is 1. The maximum absolute atomic E-state index is 12.2. The highest BCUT2D eigenvalue weighted by Crippen LogP contribution is 2.27. The predicted octanol–water partition coefficient (Wildman–Crippen LogP) is 2.23. The summed E-state index contributed by atoms with van der Waals surface area (Å²) in [6.07, 6.45) is 4.55. The number of aromatic nitrogens is 2. The molecule has 1 amide bonds. The number of ether oxygens (including phenoxy) is 1. The maximum atomic E-state index is 12.2. The van der Waals surface area contributed by atoms with Crippen molar-refractivity contribution in [1.29, 1.82) is 5.26 Å². The summed E-state index contributed by atoms with van der Waals surface area (Å²) < 4.78 is 5.47. The summed E-state index contributed by atoms with van der Waals surface area (Å²) in [5.41, 5.74) is 2.41. The fourth-order valence-corrected chi connectivity index (χ4v) is 2.86. The molecule has 0 spiro atoms. The van der Waals surface area contributed by atoms with E-state index in [1.807, 2.05) is 13.0 Å². The minimum absolute atomic E-state index is 0.0864. The van der Waals surface area contributed by atoms with Crippen molar-refractivity contribution in [1.82, 2.24) is 15.3 Å². The predicted molar refractivity (Wildman–Crippen MR) is 87.2 cm³/mol. The van der Waals surface area contributed by atoms with E-state index in [1.165, 1.54) is 0 Å². The summed E-state index contributed by atoms with van der Waals surface area (Å²) in [7, 11) is 0. The first-order valence-electron chi connectivity index (χ1n) is 7.91. The number of para-hydroxylation sites is 1. The van der Waals surface area contributed by atoms with Crippen molar-refractivity contribution in [2.24, 2.45) is 0 Å². The molecule has 122 valence electrons. The Hall–Kier alpha value is -2.94. The highest BCUT2D eigenvalue weighted by atomic mass is 16.5. The zero-order chi connectivity index (χ0) is 16.9. The van der Waals surface area contributed by atoms with Gasteiger partial charge in [-0.2, -0.15) is 5.26 Å². The lowest BCUT2D eigenvalue weighted by Crippen LogP contribution is -2.34. The second kappa shape index (κ2) is 7.09. The van der Waals surface area contributed by atoms with Gasteiger partial charge in [-0.1, -0.05) is 12.1 Å². The normalized spacial score (nSPS) is 15.9. The molecule has 1 aliphatic rings. The molecule has 1 unspecified atom stereocenters. The van der Waals surface area contributed by atoms with Crippen LogP contribution in [0.5, 0.6) is 5.75 Å². The van der Waals surface area contributed by atoms with Crippen molar-refractivity contribution in [2.45, 2.75) is 32.2 Å². The van der Waals surface area contributed by atoms with Crippen LogP contribution in [-0.2, 0) is 11.2 Å². The Kier molecular flexibility index (Phi) is 4.71. The van der Waals surface area contributed by atoms with Crippen molar-refractivity contribution < 1.29 is 9.53 Å². The molecule has 6 nitrogen and oxygen atoms in total. The van der Waals surface area contributed by atoms with Gasteiger partial charge in [-0.3, -0.25) is 4.79 Å². The van der Waals surface area contributed by atoms with E-state index in [2.05, 4.69) is 15.3 Å². The molecule has 0 fully saturated rings. The molecule has 1 aromatic heterocycles. The van der Waals surface area contributed by atoms with Gasteiger partial charge in [0.15, 0.2) is 6.61 Å². The molecule has 1 atom stereocenters. The largest absolute Gasteiger partial charge is 0.482 e. The number of hydrogen-bond acceptors (Lipinski definition) is 5. The monoisotopic (exact) mass is 322 g/mol. The molecular weight excluding hydrogens is 304 g/mol. The summed E-state index contributed by atoms with van der Waals surface area (Å²) >= 11 is 0. The quantitative estimate of drug-likeness (QED) is 0.932. The van der Waals surface area contributed by atoms with Crippen molar-refractivity contribution in [3.63, 3.8) is 0 Å². The number of amides is 1. The number of carbonyl (C=O) groups excluding carboxylic acids is 1. The fraction of sp³-hybridized carbons (Fsp3) is 0.333. The van der Waals surface area contributed by atoms with Gasteiger partial charge >= 0.3 is 0 Å². The third-order valence-corrected chi connectivity index (χ3v) is 4.00. The van der Waals surface area contributed by atoms with Crippen LogP contribution in [0.25, 0.3) is 0 Å². The average Bonchev–Trinajstić information content (AvgIpc) is 2.60. The molecular formula is C18H18N4O2. The minimum atomic E-state index is -0.221. The van der Waals surface area contributed by atoms with E-state index in [1.54, 1.807) is 30.5 Å². The Morgan fingerprint density at radius 3 is 3.12 bits per heavy atom. The summed E-state index contributed by atoms with van der Waals surface area (Å²) in [6.45, 7) is 1.74. The fourth-order valence-electron chi connectivity index (χ4n) is 2.86. The molecule has 1 aromatic carbocycles. The van der Waals surface area contributed by atoms with E-state index in [9.17, 15) is 4.79 Å². The zero-order valence-electron chi connectivity index (χ0n) is 13.5. The third kappa shape index (κ3) is 3.51. The highest BCUT2D eigenvalue weighted by Gasteiger charge is 2.23. The van der Waals surface area contributed by atoms with Gasteiger partial charge in [0.25, 0.3) is 5.91 Å². The molecule has 3 rings (SSSR count). The van der Waals surface area contributed by atoms with Crippen molar-refractivity contribution in [3.8, 4) is 11.8 Å². The average molecular weight is 322 g/mol. The van der Waals surface area contributed by atoms with Gasteiger partial charge in [-0.05, 0) is 38.3 Å². The first-order chi connectivity index (χ1) is 11.7. The zero-order valence-corrected chi connectivity index (χ0v) is 13.5. The van der Waals surface area contributed by atoms with Crippen LogP contribution in [0.3, 0.4) is 0 Å².